The Balaban J connectivity index is 1.90. The van der Waals surface area contributed by atoms with E-state index in [9.17, 15) is 5.11 Å². The van der Waals surface area contributed by atoms with E-state index in [0.717, 1.165) is 11.3 Å². The fourth-order valence-corrected chi connectivity index (χ4v) is 3.16. The molecule has 1 N–H and O–H groups in total. The molecule has 0 amide bonds. The molecule has 0 radical (unpaired) electrons. The van der Waals surface area contributed by atoms with Gasteiger partial charge in [0.15, 0.2) is 0 Å². The van der Waals surface area contributed by atoms with Gasteiger partial charge in [-0.3, -0.25) is 0 Å². The average molecular weight is 290 g/mol. The molecule has 1 saturated carbocycles. The van der Waals surface area contributed by atoms with Crippen molar-refractivity contribution in [2.45, 2.75) is 32.3 Å². The van der Waals surface area contributed by atoms with Gasteiger partial charge in [0.05, 0.1) is 26.9 Å². The van der Waals surface area contributed by atoms with Crippen LogP contribution in [0.3, 0.4) is 0 Å². The quantitative estimate of drug-likeness (QED) is 0.744. The van der Waals surface area contributed by atoms with Crippen molar-refractivity contribution in [3.63, 3.8) is 0 Å². The second kappa shape index (κ2) is 7.62. The number of aliphatic hydroxyl groups excluding tert-OH is 1. The van der Waals surface area contributed by atoms with Crippen LogP contribution in [-0.2, 0) is 11.3 Å². The molecular formula is C18H26O3. The Labute approximate surface area is 127 Å². The molecule has 1 aliphatic carbocycles. The molecule has 0 saturated heterocycles. The van der Waals surface area contributed by atoms with Crippen molar-refractivity contribution >= 4 is 0 Å². The van der Waals surface area contributed by atoms with Crippen LogP contribution in [-0.4, -0.2) is 25.4 Å². The van der Waals surface area contributed by atoms with Crippen molar-refractivity contribution in [2.75, 3.05) is 20.3 Å². The van der Waals surface area contributed by atoms with Crippen LogP contribution in [0.5, 0.6) is 5.75 Å². The SMILES string of the molecule is C=CC(CO)(COCc1ccc(OC)cc1)C1CCCC1. The van der Waals surface area contributed by atoms with Crippen LogP contribution < -0.4 is 4.74 Å². The van der Waals surface area contributed by atoms with Crippen molar-refractivity contribution < 1.29 is 14.6 Å². The fraction of sp³-hybridized carbons (Fsp3) is 0.556. The Bertz CT molecular complexity index is 434. The maximum Gasteiger partial charge on any atom is 0.118 e. The van der Waals surface area contributed by atoms with Gasteiger partial charge in [0.1, 0.15) is 5.75 Å². The van der Waals surface area contributed by atoms with Gasteiger partial charge in [-0.1, -0.05) is 31.1 Å². The Kier molecular flexibility index (Phi) is 5.83. The summed E-state index contributed by atoms with van der Waals surface area (Å²) in [7, 11) is 1.66. The minimum atomic E-state index is -0.289. The predicted molar refractivity (Wildman–Crippen MR) is 84.3 cm³/mol. The van der Waals surface area contributed by atoms with Gasteiger partial charge in [0, 0.05) is 5.41 Å². The number of ether oxygens (including phenoxy) is 2. The Morgan fingerprint density at radius 1 is 1.29 bits per heavy atom. The first-order valence-electron chi connectivity index (χ1n) is 7.69. The van der Waals surface area contributed by atoms with Gasteiger partial charge < -0.3 is 14.6 Å². The van der Waals surface area contributed by atoms with Gasteiger partial charge >= 0.3 is 0 Å². The monoisotopic (exact) mass is 290 g/mol. The van der Waals surface area contributed by atoms with Crippen LogP contribution in [0.15, 0.2) is 36.9 Å². The van der Waals surface area contributed by atoms with E-state index in [-0.39, 0.29) is 12.0 Å². The summed E-state index contributed by atoms with van der Waals surface area (Å²) in [6, 6.07) is 7.87. The number of methoxy groups -OCH3 is 1. The molecule has 116 valence electrons. The molecule has 1 aromatic rings. The highest BCUT2D eigenvalue weighted by molar-refractivity contribution is 5.26. The van der Waals surface area contributed by atoms with Crippen LogP contribution in [0.4, 0.5) is 0 Å². The van der Waals surface area contributed by atoms with Gasteiger partial charge in [0.2, 0.25) is 0 Å². The van der Waals surface area contributed by atoms with Gasteiger partial charge in [0.25, 0.3) is 0 Å². The molecule has 3 heteroatoms. The molecule has 0 bridgehead atoms. The zero-order valence-corrected chi connectivity index (χ0v) is 12.9. The first-order chi connectivity index (χ1) is 10.2. The van der Waals surface area contributed by atoms with E-state index in [4.69, 9.17) is 9.47 Å². The Morgan fingerprint density at radius 3 is 2.48 bits per heavy atom. The van der Waals surface area contributed by atoms with Crippen molar-refractivity contribution in [2.24, 2.45) is 11.3 Å². The summed E-state index contributed by atoms with van der Waals surface area (Å²) in [6.07, 6.45) is 6.73. The summed E-state index contributed by atoms with van der Waals surface area (Å²) >= 11 is 0. The van der Waals surface area contributed by atoms with E-state index in [0.29, 0.717) is 19.1 Å². The highest BCUT2D eigenvalue weighted by Gasteiger charge is 2.37. The summed E-state index contributed by atoms with van der Waals surface area (Å²) in [5, 5.41) is 9.83. The smallest absolute Gasteiger partial charge is 0.118 e. The number of aliphatic hydroxyl groups is 1. The van der Waals surface area contributed by atoms with E-state index >= 15 is 0 Å². The van der Waals surface area contributed by atoms with Crippen molar-refractivity contribution in [3.05, 3.63) is 42.5 Å². The zero-order chi connectivity index (χ0) is 15.1. The van der Waals surface area contributed by atoms with Crippen LogP contribution in [0, 0.1) is 11.3 Å². The summed E-state index contributed by atoms with van der Waals surface area (Å²) < 4.78 is 11.0. The van der Waals surface area contributed by atoms with Crippen LogP contribution in [0.25, 0.3) is 0 Å². The molecule has 0 aromatic heterocycles. The first kappa shape index (κ1) is 16.1. The molecule has 3 nitrogen and oxygen atoms in total. The lowest BCUT2D eigenvalue weighted by molar-refractivity contribution is -0.00555. The third kappa shape index (κ3) is 3.86. The minimum absolute atomic E-state index is 0.115. The van der Waals surface area contributed by atoms with Crippen LogP contribution in [0.2, 0.25) is 0 Å². The van der Waals surface area contributed by atoms with Gasteiger partial charge in [-0.2, -0.15) is 0 Å². The van der Waals surface area contributed by atoms with Crippen molar-refractivity contribution in [1.82, 2.24) is 0 Å². The van der Waals surface area contributed by atoms with E-state index in [1.807, 2.05) is 30.3 Å². The number of benzene rings is 1. The highest BCUT2D eigenvalue weighted by atomic mass is 16.5. The van der Waals surface area contributed by atoms with Crippen LogP contribution >= 0.6 is 0 Å². The summed E-state index contributed by atoms with van der Waals surface area (Å²) in [5.41, 5.74) is 0.821. The molecule has 0 aliphatic heterocycles. The molecular weight excluding hydrogens is 264 g/mol. The Hall–Kier alpha value is -1.32. The topological polar surface area (TPSA) is 38.7 Å². The van der Waals surface area contributed by atoms with Gasteiger partial charge in [-0.15, -0.1) is 6.58 Å². The molecule has 0 heterocycles. The molecule has 2 rings (SSSR count). The Morgan fingerprint density at radius 2 is 1.95 bits per heavy atom. The minimum Gasteiger partial charge on any atom is -0.497 e. The van der Waals surface area contributed by atoms with Gasteiger partial charge in [-0.05, 0) is 36.5 Å². The first-order valence-corrected chi connectivity index (χ1v) is 7.69. The second-order valence-electron chi connectivity index (χ2n) is 5.92. The van der Waals surface area contributed by atoms with Gasteiger partial charge in [-0.25, -0.2) is 0 Å². The largest absolute Gasteiger partial charge is 0.497 e. The zero-order valence-electron chi connectivity index (χ0n) is 12.9. The lowest BCUT2D eigenvalue weighted by atomic mass is 9.75. The van der Waals surface area contributed by atoms with E-state index in [2.05, 4.69) is 6.58 Å². The number of hydrogen-bond acceptors (Lipinski definition) is 3. The molecule has 1 aliphatic rings. The lowest BCUT2D eigenvalue weighted by Gasteiger charge is -2.34. The maximum atomic E-state index is 9.83. The molecule has 1 unspecified atom stereocenters. The van der Waals surface area contributed by atoms with E-state index < -0.39 is 0 Å². The van der Waals surface area contributed by atoms with E-state index in [1.165, 1.54) is 25.7 Å². The summed E-state index contributed by atoms with van der Waals surface area (Å²) in [4.78, 5) is 0. The normalized spacial score (nSPS) is 18.4. The molecule has 1 fully saturated rings. The maximum absolute atomic E-state index is 9.83. The molecule has 1 aromatic carbocycles. The van der Waals surface area contributed by atoms with Crippen LogP contribution in [0.1, 0.15) is 31.2 Å². The molecule has 21 heavy (non-hydrogen) atoms. The predicted octanol–water partition coefficient (Wildman–Crippen LogP) is 3.57. The summed E-state index contributed by atoms with van der Waals surface area (Å²) in [5.74, 6) is 1.34. The number of rotatable bonds is 8. The standard InChI is InChI=1S/C18H26O3/c1-3-18(13-19,16-6-4-5-7-16)14-21-12-15-8-10-17(20-2)11-9-15/h3,8-11,16,19H,1,4-7,12-14H2,2H3. The fourth-order valence-electron chi connectivity index (χ4n) is 3.16. The lowest BCUT2D eigenvalue weighted by Crippen LogP contribution is -2.35. The summed E-state index contributed by atoms with van der Waals surface area (Å²) in [6.45, 7) is 5.13. The van der Waals surface area contributed by atoms with Crippen molar-refractivity contribution in [3.8, 4) is 5.75 Å². The van der Waals surface area contributed by atoms with E-state index in [1.54, 1.807) is 7.11 Å². The highest BCUT2D eigenvalue weighted by Crippen LogP contribution is 2.41. The second-order valence-corrected chi connectivity index (χ2v) is 5.92. The number of hydrogen-bond donors (Lipinski definition) is 1. The molecule has 1 atom stereocenters. The van der Waals surface area contributed by atoms with Crippen molar-refractivity contribution in [1.29, 1.82) is 0 Å². The third-order valence-electron chi connectivity index (χ3n) is 4.67. The third-order valence-corrected chi connectivity index (χ3v) is 4.67. The average Bonchev–Trinajstić information content (AvgIpc) is 3.07. The molecule has 0 spiro atoms.